The Morgan fingerprint density at radius 2 is 2.09 bits per heavy atom. The maximum absolute atomic E-state index is 8.80. The van der Waals surface area contributed by atoms with Crippen molar-refractivity contribution in [2.75, 3.05) is 13.7 Å². The first-order chi connectivity index (χ1) is 5.25. The minimum atomic E-state index is -0.168. The molecule has 0 radical (unpaired) electrons. The van der Waals surface area contributed by atoms with Gasteiger partial charge in [-0.1, -0.05) is 12.8 Å². The SMILES string of the molecule is CN(C(N)CO)C1CCCC1. The van der Waals surface area contributed by atoms with E-state index >= 15 is 0 Å². The van der Waals surface area contributed by atoms with Gasteiger partial charge in [-0.2, -0.15) is 0 Å². The van der Waals surface area contributed by atoms with E-state index in [-0.39, 0.29) is 12.8 Å². The summed E-state index contributed by atoms with van der Waals surface area (Å²) in [5.41, 5.74) is 5.67. The van der Waals surface area contributed by atoms with Gasteiger partial charge >= 0.3 is 0 Å². The van der Waals surface area contributed by atoms with E-state index in [0.717, 1.165) is 0 Å². The van der Waals surface area contributed by atoms with Crippen molar-refractivity contribution in [1.29, 1.82) is 0 Å². The average Bonchev–Trinajstić information content (AvgIpc) is 2.53. The number of nitrogens with two attached hydrogens (primary N) is 1. The first-order valence-electron chi connectivity index (χ1n) is 4.34. The van der Waals surface area contributed by atoms with E-state index in [2.05, 4.69) is 4.90 Å². The van der Waals surface area contributed by atoms with Crippen LogP contribution in [0.25, 0.3) is 0 Å². The standard InChI is InChI=1S/C8H18N2O/c1-10(8(9)6-11)7-4-2-3-5-7/h7-8,11H,2-6,9H2,1H3. The summed E-state index contributed by atoms with van der Waals surface area (Å²) < 4.78 is 0. The summed E-state index contributed by atoms with van der Waals surface area (Å²) in [6.45, 7) is 0.0625. The number of hydrogen-bond acceptors (Lipinski definition) is 3. The lowest BCUT2D eigenvalue weighted by Crippen LogP contribution is -2.46. The van der Waals surface area contributed by atoms with Crippen molar-refractivity contribution in [3.63, 3.8) is 0 Å². The van der Waals surface area contributed by atoms with Gasteiger partial charge in [-0.05, 0) is 19.9 Å². The van der Waals surface area contributed by atoms with Crippen LogP contribution in [0.15, 0.2) is 0 Å². The van der Waals surface area contributed by atoms with E-state index in [1.165, 1.54) is 25.7 Å². The van der Waals surface area contributed by atoms with Crippen LogP contribution in [0, 0.1) is 0 Å². The third-order valence-electron chi connectivity index (χ3n) is 2.61. The zero-order valence-electron chi connectivity index (χ0n) is 7.16. The predicted molar refractivity (Wildman–Crippen MR) is 45.1 cm³/mol. The summed E-state index contributed by atoms with van der Waals surface area (Å²) in [5, 5.41) is 8.80. The third kappa shape index (κ3) is 2.15. The third-order valence-corrected chi connectivity index (χ3v) is 2.61. The number of aliphatic hydroxyl groups excluding tert-OH is 1. The molecule has 0 aromatic rings. The molecule has 0 heterocycles. The maximum Gasteiger partial charge on any atom is 0.0810 e. The number of aliphatic hydroxyl groups is 1. The lowest BCUT2D eigenvalue weighted by molar-refractivity contribution is 0.114. The van der Waals surface area contributed by atoms with Crippen LogP contribution in [0.5, 0.6) is 0 Å². The molecule has 1 fully saturated rings. The summed E-state index contributed by atoms with van der Waals surface area (Å²) in [4.78, 5) is 2.09. The van der Waals surface area contributed by atoms with Crippen LogP contribution < -0.4 is 5.73 Å². The topological polar surface area (TPSA) is 49.5 Å². The van der Waals surface area contributed by atoms with Gasteiger partial charge in [0.05, 0.1) is 12.8 Å². The molecule has 0 saturated heterocycles. The molecule has 1 rings (SSSR count). The first kappa shape index (κ1) is 8.97. The molecule has 0 bridgehead atoms. The molecule has 1 aliphatic carbocycles. The van der Waals surface area contributed by atoms with Crippen LogP contribution in [0.2, 0.25) is 0 Å². The molecule has 1 atom stereocenters. The van der Waals surface area contributed by atoms with Gasteiger partial charge in [-0.15, -0.1) is 0 Å². The van der Waals surface area contributed by atoms with Crippen LogP contribution in [-0.4, -0.2) is 35.9 Å². The van der Waals surface area contributed by atoms with Gasteiger partial charge in [0.1, 0.15) is 0 Å². The zero-order valence-corrected chi connectivity index (χ0v) is 7.16. The van der Waals surface area contributed by atoms with E-state index in [1.807, 2.05) is 7.05 Å². The molecule has 1 aliphatic rings. The number of likely N-dealkylation sites (N-methyl/N-ethyl adjacent to an activating group) is 1. The van der Waals surface area contributed by atoms with Gasteiger partial charge in [0.2, 0.25) is 0 Å². The highest BCUT2D eigenvalue weighted by molar-refractivity contribution is 4.77. The Morgan fingerprint density at radius 1 is 1.55 bits per heavy atom. The Balaban J connectivity index is 2.32. The Kier molecular flexibility index (Phi) is 3.30. The Labute approximate surface area is 68.2 Å². The molecule has 3 N–H and O–H groups in total. The van der Waals surface area contributed by atoms with Crippen molar-refractivity contribution >= 4 is 0 Å². The first-order valence-corrected chi connectivity index (χ1v) is 4.34. The minimum absolute atomic E-state index is 0.0625. The van der Waals surface area contributed by atoms with Gasteiger partial charge in [0.15, 0.2) is 0 Å². The van der Waals surface area contributed by atoms with Crippen molar-refractivity contribution in [1.82, 2.24) is 4.90 Å². The largest absolute Gasteiger partial charge is 0.393 e. The molecule has 66 valence electrons. The molecular weight excluding hydrogens is 140 g/mol. The lowest BCUT2D eigenvalue weighted by Gasteiger charge is -2.28. The summed E-state index contributed by atoms with van der Waals surface area (Å²) in [5.74, 6) is 0. The van der Waals surface area contributed by atoms with E-state index in [9.17, 15) is 0 Å². The normalized spacial score (nSPS) is 22.9. The zero-order chi connectivity index (χ0) is 8.27. The quantitative estimate of drug-likeness (QED) is 0.574. The number of hydrogen-bond donors (Lipinski definition) is 2. The summed E-state index contributed by atoms with van der Waals surface area (Å²) in [6, 6.07) is 0.608. The van der Waals surface area contributed by atoms with Crippen LogP contribution in [0.4, 0.5) is 0 Å². The van der Waals surface area contributed by atoms with E-state index in [0.29, 0.717) is 6.04 Å². The highest BCUT2D eigenvalue weighted by Gasteiger charge is 2.22. The van der Waals surface area contributed by atoms with Crippen LogP contribution in [0.3, 0.4) is 0 Å². The summed E-state index contributed by atoms with van der Waals surface area (Å²) in [7, 11) is 2.00. The number of rotatable bonds is 3. The smallest absolute Gasteiger partial charge is 0.0810 e. The van der Waals surface area contributed by atoms with Crippen molar-refractivity contribution in [2.24, 2.45) is 5.73 Å². The van der Waals surface area contributed by atoms with E-state index in [4.69, 9.17) is 10.8 Å². The van der Waals surface area contributed by atoms with Gasteiger partial charge in [0.25, 0.3) is 0 Å². The molecule has 1 saturated carbocycles. The van der Waals surface area contributed by atoms with Crippen LogP contribution in [-0.2, 0) is 0 Å². The fourth-order valence-electron chi connectivity index (χ4n) is 1.71. The van der Waals surface area contributed by atoms with Gasteiger partial charge < -0.3 is 10.8 Å². The average molecular weight is 158 g/mol. The monoisotopic (exact) mass is 158 g/mol. The number of nitrogens with zero attached hydrogens (tertiary/aromatic N) is 1. The molecule has 0 aromatic heterocycles. The van der Waals surface area contributed by atoms with Gasteiger partial charge in [0, 0.05) is 6.04 Å². The lowest BCUT2D eigenvalue weighted by atomic mass is 10.2. The molecule has 0 aromatic carbocycles. The molecule has 0 aliphatic heterocycles. The van der Waals surface area contributed by atoms with Crippen molar-refractivity contribution in [3.05, 3.63) is 0 Å². The van der Waals surface area contributed by atoms with Crippen molar-refractivity contribution in [2.45, 2.75) is 37.9 Å². The van der Waals surface area contributed by atoms with Gasteiger partial charge in [-0.3, -0.25) is 4.90 Å². The Morgan fingerprint density at radius 3 is 2.55 bits per heavy atom. The van der Waals surface area contributed by atoms with Crippen LogP contribution >= 0.6 is 0 Å². The molecule has 3 nitrogen and oxygen atoms in total. The highest BCUT2D eigenvalue weighted by atomic mass is 16.3. The van der Waals surface area contributed by atoms with Crippen LogP contribution in [0.1, 0.15) is 25.7 Å². The molecule has 1 unspecified atom stereocenters. The predicted octanol–water partition coefficient (Wildman–Crippen LogP) is 0.138. The molecular formula is C8H18N2O. The molecule has 3 heteroatoms. The van der Waals surface area contributed by atoms with Crippen molar-refractivity contribution in [3.8, 4) is 0 Å². The summed E-state index contributed by atoms with van der Waals surface area (Å²) >= 11 is 0. The minimum Gasteiger partial charge on any atom is -0.393 e. The fourth-order valence-corrected chi connectivity index (χ4v) is 1.71. The second-order valence-corrected chi connectivity index (χ2v) is 3.35. The van der Waals surface area contributed by atoms with Gasteiger partial charge in [-0.25, -0.2) is 0 Å². The second-order valence-electron chi connectivity index (χ2n) is 3.35. The van der Waals surface area contributed by atoms with E-state index < -0.39 is 0 Å². The second kappa shape index (κ2) is 4.04. The Hall–Kier alpha value is -0.120. The van der Waals surface area contributed by atoms with E-state index in [1.54, 1.807) is 0 Å². The highest BCUT2D eigenvalue weighted by Crippen LogP contribution is 2.22. The fraction of sp³-hybridized carbons (Fsp3) is 1.00. The Bertz CT molecular complexity index is 113. The molecule has 0 spiro atoms. The van der Waals surface area contributed by atoms with Crippen molar-refractivity contribution < 1.29 is 5.11 Å². The maximum atomic E-state index is 8.80. The summed E-state index contributed by atoms with van der Waals surface area (Å²) in [6.07, 6.45) is 4.94. The molecule has 11 heavy (non-hydrogen) atoms. The molecule has 0 amide bonds.